The lowest BCUT2D eigenvalue weighted by Gasteiger charge is -2.15. The molecule has 8 heteroatoms. The molecule has 0 saturated carbocycles. The van der Waals surface area contributed by atoms with E-state index >= 15 is 0 Å². The number of methoxy groups -OCH3 is 1. The smallest absolute Gasteiger partial charge is 0.420 e. The van der Waals surface area contributed by atoms with Gasteiger partial charge >= 0.3 is 12.1 Å². The summed E-state index contributed by atoms with van der Waals surface area (Å²) in [7, 11) is 1.12. The van der Waals surface area contributed by atoms with Crippen LogP contribution in [0.1, 0.15) is 21.5 Å². The Morgan fingerprint density at radius 1 is 1.21 bits per heavy atom. The Labute approximate surface area is 148 Å². The van der Waals surface area contributed by atoms with Crippen LogP contribution in [0.4, 0.5) is 17.6 Å². The molecule has 0 aliphatic carbocycles. The molecule has 2 aromatic carbocycles. The SMILES string of the molecule is COC(=O)c1ccc(COc2c(I)cccc2C(F)(F)F)cc1F. The maximum Gasteiger partial charge on any atom is 0.420 e. The standard InChI is InChI=1S/C16H11F4IO3/c1-23-15(22)10-6-5-9(7-12(10)17)8-24-14-11(16(18,19)20)3-2-4-13(14)21/h2-7H,8H2,1H3. The molecule has 0 aliphatic rings. The van der Waals surface area contributed by atoms with E-state index in [1.54, 1.807) is 22.6 Å². The lowest BCUT2D eigenvalue weighted by Crippen LogP contribution is -2.10. The first-order chi connectivity index (χ1) is 11.2. The summed E-state index contributed by atoms with van der Waals surface area (Å²) in [5, 5.41) is 0. The predicted octanol–water partition coefficient (Wildman–Crippen LogP) is 4.81. The van der Waals surface area contributed by atoms with Gasteiger partial charge in [0.05, 0.1) is 21.8 Å². The van der Waals surface area contributed by atoms with Crippen LogP contribution in [0.15, 0.2) is 36.4 Å². The summed E-state index contributed by atoms with van der Waals surface area (Å²) in [4.78, 5) is 11.3. The molecule has 0 atom stereocenters. The molecule has 0 radical (unpaired) electrons. The number of halogens is 5. The van der Waals surface area contributed by atoms with Crippen molar-refractivity contribution in [2.24, 2.45) is 0 Å². The molecule has 3 nitrogen and oxygen atoms in total. The van der Waals surface area contributed by atoms with Crippen LogP contribution in [-0.4, -0.2) is 13.1 Å². The van der Waals surface area contributed by atoms with Crippen LogP contribution < -0.4 is 4.74 Å². The van der Waals surface area contributed by atoms with Crippen LogP contribution in [0, 0.1) is 9.39 Å². The van der Waals surface area contributed by atoms with E-state index < -0.39 is 23.5 Å². The first-order valence-electron chi connectivity index (χ1n) is 6.59. The highest BCUT2D eigenvalue weighted by Gasteiger charge is 2.35. The van der Waals surface area contributed by atoms with Gasteiger partial charge in [-0.3, -0.25) is 0 Å². The number of benzene rings is 2. The number of para-hydroxylation sites is 1. The molecule has 0 heterocycles. The van der Waals surface area contributed by atoms with Crippen LogP contribution in [0.5, 0.6) is 5.75 Å². The molecule has 0 N–H and O–H groups in total. The van der Waals surface area contributed by atoms with Crippen LogP contribution in [-0.2, 0) is 17.5 Å². The maximum atomic E-state index is 13.8. The minimum absolute atomic E-state index is 0.258. The first-order valence-corrected chi connectivity index (χ1v) is 7.67. The van der Waals surface area contributed by atoms with Crippen molar-refractivity contribution in [3.8, 4) is 5.75 Å². The van der Waals surface area contributed by atoms with Gasteiger partial charge in [0.25, 0.3) is 0 Å². The van der Waals surface area contributed by atoms with Crippen molar-refractivity contribution >= 4 is 28.6 Å². The van der Waals surface area contributed by atoms with Gasteiger partial charge in [-0.25, -0.2) is 9.18 Å². The number of hydrogen-bond acceptors (Lipinski definition) is 3. The Kier molecular flexibility index (Phi) is 5.68. The van der Waals surface area contributed by atoms with Crippen LogP contribution in [0.25, 0.3) is 0 Å². The second-order valence-electron chi connectivity index (χ2n) is 4.71. The monoisotopic (exact) mass is 454 g/mol. The molecule has 24 heavy (non-hydrogen) atoms. The van der Waals surface area contributed by atoms with Gasteiger partial charge in [0.2, 0.25) is 0 Å². The summed E-state index contributed by atoms with van der Waals surface area (Å²) in [5.41, 5.74) is -0.875. The van der Waals surface area contributed by atoms with Crippen LogP contribution >= 0.6 is 22.6 Å². The quantitative estimate of drug-likeness (QED) is 0.378. The Morgan fingerprint density at radius 3 is 2.50 bits per heavy atom. The van der Waals surface area contributed by atoms with E-state index in [0.29, 0.717) is 0 Å². The van der Waals surface area contributed by atoms with Crippen molar-refractivity contribution in [3.63, 3.8) is 0 Å². The Hall–Kier alpha value is -1.84. The molecule has 0 unspecified atom stereocenters. The van der Waals surface area contributed by atoms with Crippen molar-refractivity contribution in [2.75, 3.05) is 7.11 Å². The minimum Gasteiger partial charge on any atom is -0.487 e. The third-order valence-electron chi connectivity index (χ3n) is 3.09. The van der Waals surface area contributed by atoms with Gasteiger partial charge in [-0.2, -0.15) is 13.2 Å². The number of alkyl halides is 3. The Balaban J connectivity index is 2.23. The van der Waals surface area contributed by atoms with E-state index in [1.165, 1.54) is 24.3 Å². The Bertz CT molecular complexity index is 759. The highest BCUT2D eigenvalue weighted by molar-refractivity contribution is 14.1. The molecule has 0 bridgehead atoms. The van der Waals surface area contributed by atoms with Crippen molar-refractivity contribution in [2.45, 2.75) is 12.8 Å². The number of rotatable bonds is 4. The molecule has 0 amide bonds. The number of hydrogen-bond donors (Lipinski definition) is 0. The molecule has 128 valence electrons. The third kappa shape index (κ3) is 4.16. The normalized spacial score (nSPS) is 11.2. The zero-order valence-electron chi connectivity index (χ0n) is 12.3. The predicted molar refractivity (Wildman–Crippen MR) is 86.2 cm³/mol. The largest absolute Gasteiger partial charge is 0.487 e. The fourth-order valence-electron chi connectivity index (χ4n) is 1.96. The van der Waals surface area contributed by atoms with E-state index in [2.05, 4.69) is 4.74 Å². The zero-order valence-corrected chi connectivity index (χ0v) is 14.4. The average molecular weight is 454 g/mol. The highest BCUT2D eigenvalue weighted by Crippen LogP contribution is 2.39. The topological polar surface area (TPSA) is 35.5 Å². The van der Waals surface area contributed by atoms with Crippen molar-refractivity contribution in [1.82, 2.24) is 0 Å². The fourth-order valence-corrected chi connectivity index (χ4v) is 2.61. The van der Waals surface area contributed by atoms with Gasteiger partial charge in [-0.1, -0.05) is 12.1 Å². The third-order valence-corrected chi connectivity index (χ3v) is 3.94. The molecular weight excluding hydrogens is 443 g/mol. The summed E-state index contributed by atoms with van der Waals surface area (Å²) in [6, 6.07) is 7.28. The van der Waals surface area contributed by atoms with Gasteiger partial charge in [-0.05, 0) is 52.4 Å². The van der Waals surface area contributed by atoms with E-state index in [-0.39, 0.29) is 27.1 Å². The van der Waals surface area contributed by atoms with Gasteiger partial charge < -0.3 is 9.47 Å². The summed E-state index contributed by atoms with van der Waals surface area (Å²) >= 11 is 1.73. The van der Waals surface area contributed by atoms with Crippen molar-refractivity contribution in [1.29, 1.82) is 0 Å². The lowest BCUT2D eigenvalue weighted by molar-refractivity contribution is -0.139. The van der Waals surface area contributed by atoms with Crippen molar-refractivity contribution in [3.05, 3.63) is 62.5 Å². The molecule has 0 saturated heterocycles. The van der Waals surface area contributed by atoms with E-state index in [4.69, 9.17) is 4.74 Å². The highest BCUT2D eigenvalue weighted by atomic mass is 127. The van der Waals surface area contributed by atoms with Gasteiger partial charge in [-0.15, -0.1) is 0 Å². The second-order valence-corrected chi connectivity index (χ2v) is 5.87. The van der Waals surface area contributed by atoms with Crippen LogP contribution in [0.2, 0.25) is 0 Å². The maximum absolute atomic E-state index is 13.8. The van der Waals surface area contributed by atoms with Gasteiger partial charge in [0.15, 0.2) is 0 Å². The molecule has 0 aliphatic heterocycles. The average Bonchev–Trinajstić information content (AvgIpc) is 2.52. The molecule has 0 fully saturated rings. The van der Waals surface area contributed by atoms with Crippen molar-refractivity contribution < 1.29 is 31.8 Å². The summed E-state index contributed by atoms with van der Waals surface area (Å²) < 4.78 is 62.8. The van der Waals surface area contributed by atoms with E-state index in [1.807, 2.05) is 0 Å². The number of ether oxygens (including phenoxy) is 2. The molecule has 2 aromatic rings. The fraction of sp³-hybridized carbons (Fsp3) is 0.188. The lowest BCUT2D eigenvalue weighted by atomic mass is 10.1. The first kappa shape index (κ1) is 18.5. The molecular formula is C16H11F4IO3. The summed E-state index contributed by atoms with van der Waals surface area (Å²) in [5.74, 6) is -1.98. The van der Waals surface area contributed by atoms with Gasteiger partial charge in [0.1, 0.15) is 18.2 Å². The summed E-state index contributed by atoms with van der Waals surface area (Å²) in [6.45, 7) is -0.276. The molecule has 2 rings (SSSR count). The molecule has 0 aromatic heterocycles. The van der Waals surface area contributed by atoms with E-state index in [0.717, 1.165) is 19.2 Å². The number of carbonyl (C=O) groups is 1. The zero-order chi connectivity index (χ0) is 17.9. The van der Waals surface area contributed by atoms with E-state index in [9.17, 15) is 22.4 Å². The minimum atomic E-state index is -4.56. The van der Waals surface area contributed by atoms with Gasteiger partial charge in [0, 0.05) is 0 Å². The Morgan fingerprint density at radius 2 is 1.92 bits per heavy atom. The van der Waals surface area contributed by atoms with Crippen LogP contribution in [0.3, 0.4) is 0 Å². The molecule has 0 spiro atoms. The second kappa shape index (κ2) is 7.37. The number of carbonyl (C=O) groups excluding carboxylic acids is 1. The summed E-state index contributed by atoms with van der Waals surface area (Å²) in [6.07, 6.45) is -4.56. The number of esters is 1.